The second kappa shape index (κ2) is 3.25. The SMILES string of the molecule is O=C1[C@@H]2C[C@H](C[C@@H]1Cl)C(=O)[C@@H](Cl)C2. The Morgan fingerprint density at radius 2 is 1.23 bits per heavy atom. The molecule has 0 aliphatic heterocycles. The van der Waals surface area contributed by atoms with Crippen molar-refractivity contribution in [3.8, 4) is 0 Å². The number of carbonyl (C=O) groups excluding carboxylic acids is 2. The lowest BCUT2D eigenvalue weighted by molar-refractivity contribution is -0.133. The summed E-state index contributed by atoms with van der Waals surface area (Å²) in [6.07, 6.45) is 1.64. The van der Waals surface area contributed by atoms with Gasteiger partial charge in [-0.1, -0.05) is 0 Å². The predicted molar refractivity (Wildman–Crippen MR) is 50.1 cm³/mol. The van der Waals surface area contributed by atoms with Crippen molar-refractivity contribution in [2.45, 2.75) is 30.0 Å². The minimum atomic E-state index is -0.461. The van der Waals surface area contributed by atoms with Crippen molar-refractivity contribution in [3.63, 3.8) is 0 Å². The molecule has 0 aromatic carbocycles. The minimum absolute atomic E-state index is 0.0681. The maximum Gasteiger partial charge on any atom is 0.153 e. The molecule has 0 amide bonds. The standard InChI is InChI=1S/C9H10Cl2O2/c10-6-2-4-1-5(9(6)13)3-7(11)8(4)12/h4-7H,1-3H2/t4-,5-,6+,7+/m1/s1. The lowest BCUT2D eigenvalue weighted by Crippen LogP contribution is -2.45. The lowest BCUT2D eigenvalue weighted by atomic mass is 9.70. The van der Waals surface area contributed by atoms with Gasteiger partial charge in [-0.2, -0.15) is 0 Å². The first kappa shape index (κ1) is 9.47. The summed E-state index contributed by atoms with van der Waals surface area (Å²) in [4.78, 5) is 23.0. The average Bonchev–Trinajstić information content (AvgIpc) is 2.09. The smallest absolute Gasteiger partial charge is 0.153 e. The molecule has 2 rings (SSSR count). The third kappa shape index (κ3) is 1.50. The Balaban J connectivity index is 2.21. The predicted octanol–water partition coefficient (Wildman–Crippen LogP) is 1.77. The van der Waals surface area contributed by atoms with E-state index < -0.39 is 10.8 Å². The largest absolute Gasteiger partial charge is 0.298 e. The van der Waals surface area contributed by atoms with E-state index >= 15 is 0 Å². The molecule has 2 bridgehead atoms. The Kier molecular flexibility index (Phi) is 2.37. The summed E-state index contributed by atoms with van der Waals surface area (Å²) in [5, 5.41) is -0.922. The highest BCUT2D eigenvalue weighted by molar-refractivity contribution is 6.34. The van der Waals surface area contributed by atoms with E-state index in [0.717, 1.165) is 0 Å². The van der Waals surface area contributed by atoms with Crippen LogP contribution in [0, 0.1) is 11.8 Å². The van der Waals surface area contributed by atoms with Crippen molar-refractivity contribution in [3.05, 3.63) is 0 Å². The van der Waals surface area contributed by atoms with Gasteiger partial charge in [0.25, 0.3) is 0 Å². The topological polar surface area (TPSA) is 34.1 Å². The van der Waals surface area contributed by atoms with E-state index in [0.29, 0.717) is 19.3 Å². The molecule has 0 unspecified atom stereocenters. The van der Waals surface area contributed by atoms with Crippen LogP contribution >= 0.6 is 23.2 Å². The normalized spacial score (nSPS) is 45.1. The fourth-order valence-corrected chi connectivity index (χ4v) is 3.03. The second-order valence-electron chi connectivity index (χ2n) is 3.84. The van der Waals surface area contributed by atoms with Gasteiger partial charge in [-0.05, 0) is 19.3 Å². The van der Waals surface area contributed by atoms with Crippen LogP contribution < -0.4 is 0 Å². The van der Waals surface area contributed by atoms with Crippen LogP contribution in [0.15, 0.2) is 0 Å². The Hall–Kier alpha value is -0.0800. The molecule has 4 heteroatoms. The number of carbonyl (C=O) groups is 2. The van der Waals surface area contributed by atoms with Gasteiger partial charge < -0.3 is 0 Å². The van der Waals surface area contributed by atoms with Crippen molar-refractivity contribution >= 4 is 34.8 Å². The summed E-state index contributed by atoms with van der Waals surface area (Å²) in [5.41, 5.74) is 0. The van der Waals surface area contributed by atoms with Gasteiger partial charge in [-0.25, -0.2) is 0 Å². The van der Waals surface area contributed by atoms with Crippen LogP contribution in [0.5, 0.6) is 0 Å². The molecule has 2 aliphatic rings. The number of rotatable bonds is 0. The van der Waals surface area contributed by atoms with E-state index in [1.165, 1.54) is 0 Å². The zero-order valence-electron chi connectivity index (χ0n) is 7.00. The number of ketones is 2. The molecule has 0 aromatic heterocycles. The lowest BCUT2D eigenvalue weighted by Gasteiger charge is -2.36. The molecule has 2 aliphatic carbocycles. The van der Waals surface area contributed by atoms with Gasteiger partial charge in [0.1, 0.15) is 0 Å². The first-order chi connectivity index (χ1) is 6.09. The fourth-order valence-electron chi connectivity index (χ4n) is 2.24. The summed E-state index contributed by atoms with van der Waals surface area (Å²) in [7, 11) is 0. The van der Waals surface area contributed by atoms with Gasteiger partial charge in [0, 0.05) is 11.8 Å². The first-order valence-corrected chi connectivity index (χ1v) is 5.32. The highest BCUT2D eigenvalue weighted by Gasteiger charge is 2.45. The molecule has 4 atom stereocenters. The van der Waals surface area contributed by atoms with E-state index in [4.69, 9.17) is 23.2 Å². The maximum atomic E-state index is 11.5. The van der Waals surface area contributed by atoms with Crippen molar-refractivity contribution in [1.29, 1.82) is 0 Å². The van der Waals surface area contributed by atoms with Crippen LogP contribution in [0.1, 0.15) is 19.3 Å². The van der Waals surface area contributed by atoms with Gasteiger partial charge in [0.2, 0.25) is 0 Å². The molecule has 2 fully saturated rings. The van der Waals surface area contributed by atoms with Gasteiger partial charge in [0.15, 0.2) is 11.6 Å². The molecule has 0 heterocycles. The maximum absolute atomic E-state index is 11.5. The van der Waals surface area contributed by atoms with E-state index in [2.05, 4.69) is 0 Å². The van der Waals surface area contributed by atoms with E-state index in [1.807, 2.05) is 0 Å². The number of hydrogen-bond donors (Lipinski definition) is 0. The third-order valence-electron chi connectivity index (χ3n) is 2.97. The van der Waals surface area contributed by atoms with Crippen molar-refractivity contribution < 1.29 is 9.59 Å². The zero-order valence-corrected chi connectivity index (χ0v) is 8.52. The molecule has 0 saturated heterocycles. The summed E-state index contributed by atoms with van der Waals surface area (Å²) in [5.74, 6) is 0.0232. The Morgan fingerprint density at radius 1 is 0.846 bits per heavy atom. The van der Waals surface area contributed by atoms with E-state index in [1.54, 1.807) is 0 Å². The molecule has 0 radical (unpaired) electrons. The Morgan fingerprint density at radius 3 is 1.62 bits per heavy atom. The van der Waals surface area contributed by atoms with Crippen LogP contribution in [0.25, 0.3) is 0 Å². The number of hydrogen-bond acceptors (Lipinski definition) is 2. The molecule has 0 N–H and O–H groups in total. The zero-order chi connectivity index (χ0) is 9.59. The van der Waals surface area contributed by atoms with Crippen LogP contribution in [0.3, 0.4) is 0 Å². The monoisotopic (exact) mass is 220 g/mol. The molecule has 72 valence electrons. The molecule has 13 heavy (non-hydrogen) atoms. The highest BCUT2D eigenvalue weighted by atomic mass is 35.5. The summed E-state index contributed by atoms with van der Waals surface area (Å²) in [6, 6.07) is 0. The Bertz CT molecular complexity index is 234. The molecular weight excluding hydrogens is 211 g/mol. The van der Waals surface area contributed by atoms with Crippen LogP contribution in [0.2, 0.25) is 0 Å². The van der Waals surface area contributed by atoms with Gasteiger partial charge >= 0.3 is 0 Å². The van der Waals surface area contributed by atoms with Gasteiger partial charge in [-0.15, -0.1) is 23.2 Å². The van der Waals surface area contributed by atoms with Crippen LogP contribution in [-0.4, -0.2) is 22.3 Å². The second-order valence-corrected chi connectivity index (χ2v) is 4.89. The molecule has 2 saturated carbocycles. The number of Topliss-reactive ketones (excluding diaryl/α,β-unsaturated/α-hetero) is 2. The summed E-state index contributed by atoms with van der Waals surface area (Å²) < 4.78 is 0. The average molecular weight is 221 g/mol. The number of alkyl halides is 2. The van der Waals surface area contributed by atoms with Crippen molar-refractivity contribution in [2.24, 2.45) is 11.8 Å². The van der Waals surface area contributed by atoms with Crippen molar-refractivity contribution in [1.82, 2.24) is 0 Å². The van der Waals surface area contributed by atoms with Gasteiger partial charge in [0.05, 0.1) is 10.8 Å². The van der Waals surface area contributed by atoms with Crippen molar-refractivity contribution in [2.75, 3.05) is 0 Å². The third-order valence-corrected chi connectivity index (χ3v) is 3.76. The summed E-state index contributed by atoms with van der Waals surface area (Å²) in [6.45, 7) is 0. The number of halogens is 2. The molecule has 2 nitrogen and oxygen atoms in total. The molecular formula is C9H10Cl2O2. The quantitative estimate of drug-likeness (QED) is 0.584. The summed E-state index contributed by atoms with van der Waals surface area (Å²) >= 11 is 11.7. The van der Waals surface area contributed by atoms with Crippen LogP contribution in [0.4, 0.5) is 0 Å². The highest BCUT2D eigenvalue weighted by Crippen LogP contribution is 2.39. The van der Waals surface area contributed by atoms with Gasteiger partial charge in [-0.3, -0.25) is 9.59 Å². The first-order valence-electron chi connectivity index (χ1n) is 4.45. The van der Waals surface area contributed by atoms with Crippen LogP contribution in [-0.2, 0) is 9.59 Å². The Labute approximate surface area is 86.6 Å². The van der Waals surface area contributed by atoms with E-state index in [-0.39, 0.29) is 23.4 Å². The fraction of sp³-hybridized carbons (Fsp3) is 0.778. The molecule has 0 spiro atoms. The minimum Gasteiger partial charge on any atom is -0.298 e. The molecule has 0 aromatic rings. The number of fused-ring (bicyclic) bond motifs is 2. The van der Waals surface area contributed by atoms with E-state index in [9.17, 15) is 9.59 Å².